The fourth-order valence-electron chi connectivity index (χ4n) is 4.38. The highest BCUT2D eigenvalue weighted by atomic mass is 15.2. The molecule has 0 radical (unpaired) electrons. The van der Waals surface area contributed by atoms with E-state index in [1.165, 1.54) is 45.3 Å². The van der Waals surface area contributed by atoms with Gasteiger partial charge in [-0.05, 0) is 63.5 Å². The van der Waals surface area contributed by atoms with E-state index >= 15 is 0 Å². The molecule has 0 aromatic heterocycles. The van der Waals surface area contributed by atoms with Crippen LogP contribution < -0.4 is 5.32 Å². The van der Waals surface area contributed by atoms with Crippen LogP contribution in [0.4, 0.5) is 0 Å². The first-order valence-electron chi connectivity index (χ1n) is 7.70. The third-order valence-electron chi connectivity index (χ3n) is 5.38. The number of rotatable bonds is 1. The first-order chi connectivity index (χ1) is 8.22. The monoisotopic (exact) mass is 236 g/mol. The molecule has 2 aliphatic carbocycles. The number of fused-ring (bicyclic) bond motifs is 2. The minimum atomic E-state index is 0.707. The first kappa shape index (κ1) is 12.0. The van der Waals surface area contributed by atoms with Gasteiger partial charge in [-0.25, -0.2) is 0 Å². The molecule has 0 amide bonds. The lowest BCUT2D eigenvalue weighted by atomic mass is 9.92. The van der Waals surface area contributed by atoms with Gasteiger partial charge in [-0.3, -0.25) is 4.90 Å². The molecule has 1 saturated heterocycles. The highest BCUT2D eigenvalue weighted by Crippen LogP contribution is 2.46. The minimum absolute atomic E-state index is 0.707. The lowest BCUT2D eigenvalue weighted by Crippen LogP contribution is -2.48. The van der Waals surface area contributed by atoms with E-state index in [2.05, 4.69) is 24.1 Å². The Morgan fingerprint density at radius 1 is 1.06 bits per heavy atom. The third kappa shape index (κ3) is 2.53. The normalized spacial score (nSPS) is 48.0. The van der Waals surface area contributed by atoms with Gasteiger partial charge in [0.1, 0.15) is 0 Å². The van der Waals surface area contributed by atoms with E-state index in [0.717, 1.165) is 23.8 Å². The Kier molecular flexibility index (Phi) is 3.45. The molecule has 98 valence electrons. The van der Waals surface area contributed by atoms with Crippen molar-refractivity contribution in [1.82, 2.24) is 10.2 Å². The number of nitrogens with one attached hydrogen (secondary N) is 1. The maximum atomic E-state index is 3.65. The van der Waals surface area contributed by atoms with Gasteiger partial charge in [-0.1, -0.05) is 13.3 Å². The van der Waals surface area contributed by atoms with E-state index in [4.69, 9.17) is 0 Å². The SMILES string of the molecule is CC1CNC(C)CCN(C2CC3CCC2C3)C1. The second-order valence-electron chi connectivity index (χ2n) is 6.94. The summed E-state index contributed by atoms with van der Waals surface area (Å²) in [5, 5.41) is 3.65. The molecular formula is C15H28N2. The van der Waals surface area contributed by atoms with E-state index in [1.54, 1.807) is 6.42 Å². The maximum absolute atomic E-state index is 3.65. The molecule has 1 aliphatic heterocycles. The van der Waals surface area contributed by atoms with Crippen molar-refractivity contribution in [2.45, 2.75) is 58.0 Å². The van der Waals surface area contributed by atoms with Crippen molar-refractivity contribution in [1.29, 1.82) is 0 Å². The fraction of sp³-hybridized carbons (Fsp3) is 1.00. The lowest BCUT2D eigenvalue weighted by Gasteiger charge is -2.38. The summed E-state index contributed by atoms with van der Waals surface area (Å²) in [6.07, 6.45) is 7.44. The van der Waals surface area contributed by atoms with E-state index in [1.807, 2.05) is 0 Å². The number of hydrogen-bond donors (Lipinski definition) is 1. The summed E-state index contributed by atoms with van der Waals surface area (Å²) in [7, 11) is 0. The smallest absolute Gasteiger partial charge is 0.0126 e. The van der Waals surface area contributed by atoms with E-state index in [9.17, 15) is 0 Å². The van der Waals surface area contributed by atoms with Gasteiger partial charge >= 0.3 is 0 Å². The zero-order valence-corrected chi connectivity index (χ0v) is 11.5. The number of nitrogens with zero attached hydrogens (tertiary/aromatic N) is 1. The van der Waals surface area contributed by atoms with E-state index in [0.29, 0.717) is 6.04 Å². The zero-order chi connectivity index (χ0) is 11.8. The Balaban J connectivity index is 1.64. The van der Waals surface area contributed by atoms with Crippen molar-refractivity contribution in [3.63, 3.8) is 0 Å². The average molecular weight is 236 g/mol. The maximum Gasteiger partial charge on any atom is 0.0126 e. The van der Waals surface area contributed by atoms with Crippen LogP contribution in [0.5, 0.6) is 0 Å². The second kappa shape index (κ2) is 4.89. The van der Waals surface area contributed by atoms with Crippen molar-refractivity contribution in [2.75, 3.05) is 19.6 Å². The standard InChI is InChI=1S/C15H28N2/c1-11-9-16-12(2)5-6-17(10-11)15-8-13-3-4-14(15)7-13/h11-16H,3-10H2,1-2H3. The van der Waals surface area contributed by atoms with Crippen LogP contribution in [0.2, 0.25) is 0 Å². The summed E-state index contributed by atoms with van der Waals surface area (Å²) < 4.78 is 0. The Morgan fingerprint density at radius 3 is 2.65 bits per heavy atom. The molecular weight excluding hydrogens is 208 g/mol. The van der Waals surface area contributed by atoms with Gasteiger partial charge in [-0.2, -0.15) is 0 Å². The molecule has 2 bridgehead atoms. The Hall–Kier alpha value is -0.0800. The first-order valence-corrected chi connectivity index (χ1v) is 7.70. The molecule has 1 heterocycles. The molecule has 2 nitrogen and oxygen atoms in total. The van der Waals surface area contributed by atoms with Crippen molar-refractivity contribution in [3.05, 3.63) is 0 Å². The van der Waals surface area contributed by atoms with Crippen LogP contribution in [0, 0.1) is 17.8 Å². The van der Waals surface area contributed by atoms with Crippen molar-refractivity contribution >= 4 is 0 Å². The Morgan fingerprint density at radius 2 is 1.94 bits per heavy atom. The van der Waals surface area contributed by atoms with Crippen LogP contribution in [0.1, 0.15) is 46.0 Å². The fourth-order valence-corrected chi connectivity index (χ4v) is 4.38. The third-order valence-corrected chi connectivity index (χ3v) is 5.38. The van der Waals surface area contributed by atoms with Gasteiger partial charge in [-0.15, -0.1) is 0 Å². The molecule has 0 aromatic carbocycles. The molecule has 5 atom stereocenters. The van der Waals surface area contributed by atoms with Crippen LogP contribution in [0.3, 0.4) is 0 Å². The highest BCUT2D eigenvalue weighted by molar-refractivity contribution is 4.96. The molecule has 0 aromatic rings. The molecule has 2 saturated carbocycles. The van der Waals surface area contributed by atoms with Crippen molar-refractivity contribution in [3.8, 4) is 0 Å². The van der Waals surface area contributed by atoms with Crippen LogP contribution >= 0.6 is 0 Å². The average Bonchev–Trinajstić information content (AvgIpc) is 2.91. The molecule has 1 N–H and O–H groups in total. The largest absolute Gasteiger partial charge is 0.314 e. The summed E-state index contributed by atoms with van der Waals surface area (Å²) in [5.41, 5.74) is 0. The lowest BCUT2D eigenvalue weighted by molar-refractivity contribution is 0.108. The van der Waals surface area contributed by atoms with Crippen LogP contribution in [-0.4, -0.2) is 36.6 Å². The quantitative estimate of drug-likeness (QED) is 0.752. The van der Waals surface area contributed by atoms with Gasteiger partial charge < -0.3 is 5.32 Å². The Labute approximate surface area is 106 Å². The molecule has 17 heavy (non-hydrogen) atoms. The molecule has 2 heteroatoms. The topological polar surface area (TPSA) is 15.3 Å². The molecule has 5 unspecified atom stereocenters. The molecule has 3 aliphatic rings. The Bertz CT molecular complexity index is 266. The van der Waals surface area contributed by atoms with Crippen LogP contribution in [0.25, 0.3) is 0 Å². The molecule has 3 fully saturated rings. The second-order valence-corrected chi connectivity index (χ2v) is 6.94. The summed E-state index contributed by atoms with van der Waals surface area (Å²) in [5.74, 6) is 2.95. The highest BCUT2D eigenvalue weighted by Gasteiger charge is 2.42. The zero-order valence-electron chi connectivity index (χ0n) is 11.5. The van der Waals surface area contributed by atoms with Crippen LogP contribution in [0.15, 0.2) is 0 Å². The summed E-state index contributed by atoms with van der Waals surface area (Å²) >= 11 is 0. The van der Waals surface area contributed by atoms with Gasteiger partial charge in [0, 0.05) is 18.6 Å². The summed E-state index contributed by atoms with van der Waals surface area (Å²) in [6, 6.07) is 1.65. The van der Waals surface area contributed by atoms with E-state index in [-0.39, 0.29) is 0 Å². The van der Waals surface area contributed by atoms with Crippen molar-refractivity contribution < 1.29 is 0 Å². The van der Waals surface area contributed by atoms with Crippen molar-refractivity contribution in [2.24, 2.45) is 17.8 Å². The summed E-state index contributed by atoms with van der Waals surface area (Å²) in [6.45, 7) is 8.61. The van der Waals surface area contributed by atoms with Gasteiger partial charge in [0.15, 0.2) is 0 Å². The molecule has 0 spiro atoms. The predicted molar refractivity (Wildman–Crippen MR) is 72.1 cm³/mol. The van der Waals surface area contributed by atoms with Gasteiger partial charge in [0.05, 0.1) is 0 Å². The van der Waals surface area contributed by atoms with Gasteiger partial charge in [0.25, 0.3) is 0 Å². The van der Waals surface area contributed by atoms with Gasteiger partial charge in [0.2, 0.25) is 0 Å². The van der Waals surface area contributed by atoms with Crippen LogP contribution in [-0.2, 0) is 0 Å². The predicted octanol–water partition coefficient (Wildman–Crippen LogP) is 2.49. The number of hydrogen-bond acceptors (Lipinski definition) is 2. The summed E-state index contributed by atoms with van der Waals surface area (Å²) in [4.78, 5) is 2.85. The van der Waals surface area contributed by atoms with E-state index < -0.39 is 0 Å². The minimum Gasteiger partial charge on any atom is -0.314 e. The molecule has 3 rings (SSSR count).